The van der Waals surface area contributed by atoms with Gasteiger partial charge in [-0.25, -0.2) is 9.59 Å². The number of benzene rings is 2. The molecule has 0 amide bonds. The molecule has 0 fully saturated rings. The first-order chi connectivity index (χ1) is 15.5. The van der Waals surface area contributed by atoms with Gasteiger partial charge in [-0.15, -0.1) is 0 Å². The van der Waals surface area contributed by atoms with Crippen molar-refractivity contribution in [1.29, 1.82) is 0 Å². The van der Waals surface area contributed by atoms with E-state index < -0.39 is 23.6 Å². The highest BCUT2D eigenvalue weighted by Crippen LogP contribution is 2.47. The lowest BCUT2D eigenvalue weighted by Crippen LogP contribution is -2.49. The molecule has 166 valence electrons. The summed E-state index contributed by atoms with van der Waals surface area (Å²) in [7, 11) is 2.60. The van der Waals surface area contributed by atoms with Crippen molar-refractivity contribution >= 4 is 17.6 Å². The van der Waals surface area contributed by atoms with Crippen LogP contribution in [0.1, 0.15) is 18.1 Å². The molecule has 0 aliphatic carbocycles. The molecule has 32 heavy (non-hydrogen) atoms. The van der Waals surface area contributed by atoms with Gasteiger partial charge in [-0.2, -0.15) is 0 Å². The number of hydrogen-bond donors (Lipinski definition) is 1. The molecule has 2 aromatic carbocycles. The lowest BCUT2D eigenvalue weighted by Gasteiger charge is -2.36. The Bertz CT molecular complexity index is 1060. The standard InChI is InChI=1S/C26H27NO5/c1-4-17-10-12-18(13-11-17)16-21(27-19-8-6-5-7-9-19)26-15-14-20(32-26)22(24(28)30-2)23(26)25(29)31-3/h5-15,20-21,27H,4,16H2,1-3H3. The van der Waals surface area contributed by atoms with Crippen molar-refractivity contribution in [3.63, 3.8) is 0 Å². The summed E-state index contributed by atoms with van der Waals surface area (Å²) in [6.07, 6.45) is 4.53. The summed E-state index contributed by atoms with van der Waals surface area (Å²) in [5, 5.41) is 3.53. The Morgan fingerprint density at radius 3 is 2.28 bits per heavy atom. The number of rotatable bonds is 8. The number of para-hydroxylation sites is 1. The van der Waals surface area contributed by atoms with Crippen LogP contribution in [0.2, 0.25) is 0 Å². The molecule has 2 aliphatic heterocycles. The summed E-state index contributed by atoms with van der Waals surface area (Å²) in [4.78, 5) is 25.5. The number of nitrogens with one attached hydrogen (secondary N) is 1. The van der Waals surface area contributed by atoms with Gasteiger partial charge in [0.2, 0.25) is 0 Å². The Morgan fingerprint density at radius 1 is 1.00 bits per heavy atom. The number of ether oxygens (including phenoxy) is 3. The van der Waals surface area contributed by atoms with Crippen LogP contribution in [0.4, 0.5) is 5.69 Å². The molecule has 0 aromatic heterocycles. The number of carbonyl (C=O) groups is 2. The molecule has 0 saturated carbocycles. The summed E-state index contributed by atoms with van der Waals surface area (Å²) in [6, 6.07) is 17.7. The lowest BCUT2D eigenvalue weighted by molar-refractivity contribution is -0.139. The second-order valence-corrected chi connectivity index (χ2v) is 7.90. The largest absolute Gasteiger partial charge is 0.466 e. The maximum Gasteiger partial charge on any atom is 0.337 e. The predicted octanol–water partition coefficient (Wildman–Crippen LogP) is 3.62. The molecule has 3 atom stereocenters. The first kappa shape index (κ1) is 21.8. The SMILES string of the molecule is CCc1ccc(CC(Nc2ccccc2)C23C=CC(O2)C(C(=O)OC)=C3C(=O)OC)cc1. The summed E-state index contributed by atoms with van der Waals surface area (Å²) in [5.74, 6) is -1.19. The first-order valence-corrected chi connectivity index (χ1v) is 10.7. The third-order valence-electron chi connectivity index (χ3n) is 6.08. The summed E-state index contributed by atoms with van der Waals surface area (Å²) in [5.41, 5.74) is 2.44. The molecule has 2 bridgehead atoms. The number of hydrogen-bond acceptors (Lipinski definition) is 6. The van der Waals surface area contributed by atoms with Gasteiger partial charge in [-0.05, 0) is 42.2 Å². The van der Waals surface area contributed by atoms with Gasteiger partial charge in [-0.1, -0.05) is 55.5 Å². The van der Waals surface area contributed by atoms with E-state index in [1.165, 1.54) is 19.8 Å². The molecule has 2 heterocycles. The quantitative estimate of drug-likeness (QED) is 0.506. The van der Waals surface area contributed by atoms with Gasteiger partial charge in [0.25, 0.3) is 0 Å². The van der Waals surface area contributed by atoms with Crippen LogP contribution in [0.25, 0.3) is 0 Å². The average molecular weight is 434 g/mol. The van der Waals surface area contributed by atoms with E-state index in [1.54, 1.807) is 6.08 Å². The van der Waals surface area contributed by atoms with E-state index in [1.807, 2.05) is 36.4 Å². The highest BCUT2D eigenvalue weighted by Gasteiger charge is 2.58. The second kappa shape index (κ2) is 9.01. The van der Waals surface area contributed by atoms with Gasteiger partial charge in [0.1, 0.15) is 11.7 Å². The normalized spacial score (nSPS) is 22.0. The van der Waals surface area contributed by atoms with E-state index >= 15 is 0 Å². The zero-order chi connectivity index (χ0) is 22.7. The van der Waals surface area contributed by atoms with Crippen LogP contribution in [-0.2, 0) is 36.6 Å². The third-order valence-corrected chi connectivity index (χ3v) is 6.08. The number of aryl methyl sites for hydroxylation is 1. The minimum atomic E-state index is -1.17. The van der Waals surface area contributed by atoms with Gasteiger partial charge < -0.3 is 19.5 Å². The van der Waals surface area contributed by atoms with Crippen LogP contribution in [0, 0.1) is 0 Å². The first-order valence-electron chi connectivity index (χ1n) is 10.7. The highest BCUT2D eigenvalue weighted by atomic mass is 16.6. The van der Waals surface area contributed by atoms with Crippen molar-refractivity contribution in [3.05, 3.63) is 89.0 Å². The molecular formula is C26H27NO5. The fraction of sp³-hybridized carbons (Fsp3) is 0.308. The van der Waals surface area contributed by atoms with Crippen LogP contribution in [0.3, 0.4) is 0 Å². The molecule has 0 radical (unpaired) electrons. The molecule has 0 spiro atoms. The zero-order valence-electron chi connectivity index (χ0n) is 18.5. The molecule has 2 aromatic rings. The topological polar surface area (TPSA) is 73.9 Å². The minimum Gasteiger partial charge on any atom is -0.466 e. The number of methoxy groups -OCH3 is 2. The Kier molecular flexibility index (Phi) is 6.15. The molecule has 4 rings (SSSR count). The summed E-state index contributed by atoms with van der Waals surface area (Å²) < 4.78 is 16.4. The van der Waals surface area contributed by atoms with Gasteiger partial charge in [0, 0.05) is 5.69 Å². The van der Waals surface area contributed by atoms with E-state index in [9.17, 15) is 9.59 Å². The van der Waals surface area contributed by atoms with Gasteiger partial charge in [0.05, 0.1) is 31.4 Å². The van der Waals surface area contributed by atoms with Gasteiger partial charge >= 0.3 is 11.9 Å². The van der Waals surface area contributed by atoms with Crippen LogP contribution in [0.15, 0.2) is 77.9 Å². The average Bonchev–Trinajstić information content (AvgIpc) is 3.42. The fourth-order valence-electron chi connectivity index (χ4n) is 4.43. The van der Waals surface area contributed by atoms with Crippen molar-refractivity contribution in [1.82, 2.24) is 0 Å². The smallest absolute Gasteiger partial charge is 0.337 e. The minimum absolute atomic E-state index is 0.193. The molecule has 0 saturated heterocycles. The van der Waals surface area contributed by atoms with Crippen LogP contribution in [0.5, 0.6) is 0 Å². The molecule has 2 aliphatic rings. The molecule has 6 nitrogen and oxygen atoms in total. The fourth-order valence-corrected chi connectivity index (χ4v) is 4.43. The van der Waals surface area contributed by atoms with E-state index in [-0.39, 0.29) is 17.2 Å². The third kappa shape index (κ3) is 3.82. The van der Waals surface area contributed by atoms with Gasteiger partial charge in [-0.3, -0.25) is 0 Å². The van der Waals surface area contributed by atoms with Crippen LogP contribution >= 0.6 is 0 Å². The van der Waals surface area contributed by atoms with Crippen molar-refractivity contribution in [2.24, 2.45) is 0 Å². The summed E-state index contributed by atoms with van der Waals surface area (Å²) in [6.45, 7) is 2.12. The number of carbonyl (C=O) groups excluding carboxylic acids is 2. The van der Waals surface area contributed by atoms with Crippen molar-refractivity contribution < 1.29 is 23.8 Å². The van der Waals surface area contributed by atoms with E-state index in [0.717, 1.165) is 17.7 Å². The lowest BCUT2D eigenvalue weighted by atomic mass is 9.79. The van der Waals surface area contributed by atoms with E-state index in [0.29, 0.717) is 6.42 Å². The maximum atomic E-state index is 12.9. The Labute approximate surface area is 187 Å². The zero-order valence-corrected chi connectivity index (χ0v) is 18.5. The summed E-state index contributed by atoms with van der Waals surface area (Å²) >= 11 is 0. The van der Waals surface area contributed by atoms with E-state index in [4.69, 9.17) is 14.2 Å². The Balaban J connectivity index is 1.79. The van der Waals surface area contributed by atoms with Gasteiger partial charge in [0.15, 0.2) is 0 Å². The highest BCUT2D eigenvalue weighted by molar-refractivity contribution is 6.05. The van der Waals surface area contributed by atoms with Crippen molar-refractivity contribution in [2.75, 3.05) is 19.5 Å². The van der Waals surface area contributed by atoms with Crippen LogP contribution < -0.4 is 5.32 Å². The second-order valence-electron chi connectivity index (χ2n) is 7.90. The molecule has 3 unspecified atom stereocenters. The number of anilines is 1. The van der Waals surface area contributed by atoms with E-state index in [2.05, 4.69) is 36.5 Å². The monoisotopic (exact) mass is 433 g/mol. The number of esters is 2. The Hall–Kier alpha value is -3.38. The van der Waals surface area contributed by atoms with Crippen LogP contribution in [-0.4, -0.2) is 43.9 Å². The van der Waals surface area contributed by atoms with Crippen molar-refractivity contribution in [3.8, 4) is 0 Å². The maximum absolute atomic E-state index is 12.9. The molecule has 6 heteroatoms. The van der Waals surface area contributed by atoms with Crippen molar-refractivity contribution in [2.45, 2.75) is 37.5 Å². The predicted molar refractivity (Wildman–Crippen MR) is 121 cm³/mol. The molecular weight excluding hydrogens is 406 g/mol. The Morgan fingerprint density at radius 2 is 1.66 bits per heavy atom. The number of fused-ring (bicyclic) bond motifs is 2. The molecule has 1 N–H and O–H groups in total.